The summed E-state index contributed by atoms with van der Waals surface area (Å²) < 4.78 is 7.81. The largest absolute Gasteiger partial charge is 0.485 e. The summed E-state index contributed by atoms with van der Waals surface area (Å²) in [4.78, 5) is 4.26. The first kappa shape index (κ1) is 14.9. The van der Waals surface area contributed by atoms with E-state index in [4.69, 9.17) is 16.3 Å². The number of hydrogen-bond donors (Lipinski definition) is 0. The molecular formula is C15H20ClN3O. The standard InChI is InChI=1S/C15H20ClN3O/c1-11(2)8-19-14(17-10-18-19)9-20-15-12(3)5-4-6-13(15)7-16/h4-6,10-11H,7-9H2,1-3H3. The van der Waals surface area contributed by atoms with Gasteiger partial charge in [-0.1, -0.05) is 32.0 Å². The van der Waals surface area contributed by atoms with Gasteiger partial charge >= 0.3 is 0 Å². The van der Waals surface area contributed by atoms with Gasteiger partial charge < -0.3 is 4.74 Å². The number of aromatic nitrogens is 3. The zero-order valence-electron chi connectivity index (χ0n) is 12.1. The zero-order valence-corrected chi connectivity index (χ0v) is 12.9. The Morgan fingerprint density at radius 2 is 2.15 bits per heavy atom. The van der Waals surface area contributed by atoms with Gasteiger partial charge in [-0.05, 0) is 18.4 Å². The van der Waals surface area contributed by atoms with Gasteiger partial charge in [-0.25, -0.2) is 9.67 Å². The van der Waals surface area contributed by atoms with Crippen molar-refractivity contribution in [2.24, 2.45) is 5.92 Å². The molecule has 1 aromatic heterocycles. The van der Waals surface area contributed by atoms with Crippen molar-refractivity contribution in [3.05, 3.63) is 41.5 Å². The molecule has 0 N–H and O–H groups in total. The first-order valence-electron chi connectivity index (χ1n) is 6.75. The molecule has 1 heterocycles. The van der Waals surface area contributed by atoms with Crippen LogP contribution in [0.5, 0.6) is 5.75 Å². The summed E-state index contributed by atoms with van der Waals surface area (Å²) in [5.41, 5.74) is 2.08. The molecule has 0 radical (unpaired) electrons. The molecule has 0 aliphatic heterocycles. The number of rotatable bonds is 6. The van der Waals surface area contributed by atoms with Crippen molar-refractivity contribution in [3.8, 4) is 5.75 Å². The second-order valence-electron chi connectivity index (χ2n) is 5.24. The van der Waals surface area contributed by atoms with Gasteiger partial charge in [0, 0.05) is 12.1 Å². The zero-order chi connectivity index (χ0) is 14.5. The molecule has 20 heavy (non-hydrogen) atoms. The molecule has 4 nitrogen and oxygen atoms in total. The van der Waals surface area contributed by atoms with E-state index >= 15 is 0 Å². The molecule has 1 aromatic carbocycles. The Bertz CT molecular complexity index is 566. The maximum Gasteiger partial charge on any atom is 0.164 e. The summed E-state index contributed by atoms with van der Waals surface area (Å²) in [5, 5.41) is 4.23. The molecular weight excluding hydrogens is 274 g/mol. The number of alkyl halides is 1. The highest BCUT2D eigenvalue weighted by atomic mass is 35.5. The van der Waals surface area contributed by atoms with Crippen LogP contribution in [0.4, 0.5) is 0 Å². The minimum absolute atomic E-state index is 0.404. The van der Waals surface area contributed by atoms with Crippen LogP contribution in [0.25, 0.3) is 0 Å². The maximum absolute atomic E-state index is 5.95. The molecule has 0 saturated heterocycles. The van der Waals surface area contributed by atoms with Crippen LogP contribution >= 0.6 is 11.6 Å². The third kappa shape index (κ3) is 3.51. The predicted molar refractivity (Wildman–Crippen MR) is 79.9 cm³/mol. The van der Waals surface area contributed by atoms with E-state index in [-0.39, 0.29) is 0 Å². The number of para-hydroxylation sites is 1. The fourth-order valence-corrected chi connectivity index (χ4v) is 2.27. The minimum atomic E-state index is 0.404. The van der Waals surface area contributed by atoms with Crippen molar-refractivity contribution in [2.75, 3.05) is 0 Å². The molecule has 2 aromatic rings. The lowest BCUT2D eigenvalue weighted by atomic mass is 10.1. The molecule has 0 spiro atoms. The van der Waals surface area contributed by atoms with Gasteiger partial charge in [0.05, 0.1) is 5.88 Å². The third-order valence-electron chi connectivity index (χ3n) is 3.02. The first-order valence-corrected chi connectivity index (χ1v) is 7.29. The van der Waals surface area contributed by atoms with Crippen LogP contribution in [-0.4, -0.2) is 14.8 Å². The highest BCUT2D eigenvalue weighted by molar-refractivity contribution is 6.17. The van der Waals surface area contributed by atoms with E-state index in [1.165, 1.54) is 0 Å². The lowest BCUT2D eigenvalue weighted by Crippen LogP contribution is -2.12. The van der Waals surface area contributed by atoms with Gasteiger partial charge in [-0.3, -0.25) is 0 Å². The Morgan fingerprint density at radius 3 is 2.85 bits per heavy atom. The fraction of sp³-hybridized carbons (Fsp3) is 0.467. The van der Waals surface area contributed by atoms with Crippen LogP contribution in [0.3, 0.4) is 0 Å². The van der Waals surface area contributed by atoms with E-state index in [1.54, 1.807) is 6.33 Å². The third-order valence-corrected chi connectivity index (χ3v) is 3.30. The molecule has 0 atom stereocenters. The normalized spacial score (nSPS) is 11.1. The lowest BCUT2D eigenvalue weighted by molar-refractivity contribution is 0.279. The molecule has 108 valence electrons. The lowest BCUT2D eigenvalue weighted by Gasteiger charge is -2.13. The van der Waals surface area contributed by atoms with E-state index in [2.05, 4.69) is 23.9 Å². The second-order valence-corrected chi connectivity index (χ2v) is 5.50. The smallest absolute Gasteiger partial charge is 0.164 e. The molecule has 2 rings (SSSR count). The molecule has 0 unspecified atom stereocenters. The predicted octanol–water partition coefficient (Wildman–Crippen LogP) is 3.56. The molecule has 5 heteroatoms. The fourth-order valence-electron chi connectivity index (χ4n) is 2.06. The molecule has 0 saturated carbocycles. The quantitative estimate of drug-likeness (QED) is 0.765. The number of aryl methyl sites for hydroxylation is 1. The van der Waals surface area contributed by atoms with Gasteiger partial charge in [0.1, 0.15) is 18.7 Å². The number of hydrogen-bond acceptors (Lipinski definition) is 3. The summed E-state index contributed by atoms with van der Waals surface area (Å²) in [7, 11) is 0. The molecule has 0 bridgehead atoms. The summed E-state index contributed by atoms with van der Waals surface area (Å²) in [5.74, 6) is 2.65. The van der Waals surface area contributed by atoms with Crippen molar-refractivity contribution in [3.63, 3.8) is 0 Å². The number of benzene rings is 1. The second kappa shape index (κ2) is 6.75. The first-order chi connectivity index (χ1) is 9.61. The summed E-state index contributed by atoms with van der Waals surface area (Å²) in [6.45, 7) is 7.57. The molecule has 0 aliphatic rings. The Labute approximate surface area is 124 Å². The van der Waals surface area contributed by atoms with E-state index in [9.17, 15) is 0 Å². The van der Waals surface area contributed by atoms with Gasteiger partial charge in [-0.15, -0.1) is 11.6 Å². The molecule has 0 fully saturated rings. The Balaban J connectivity index is 2.11. The Hall–Kier alpha value is -1.55. The van der Waals surface area contributed by atoms with E-state index in [1.807, 2.05) is 29.8 Å². The van der Waals surface area contributed by atoms with Gasteiger partial charge in [0.2, 0.25) is 0 Å². The van der Waals surface area contributed by atoms with Crippen molar-refractivity contribution >= 4 is 11.6 Å². The number of halogens is 1. The SMILES string of the molecule is Cc1cccc(CCl)c1OCc1ncnn1CC(C)C. The van der Waals surface area contributed by atoms with Crippen LogP contribution in [-0.2, 0) is 19.0 Å². The van der Waals surface area contributed by atoms with Crippen LogP contribution in [0.2, 0.25) is 0 Å². The Morgan fingerprint density at radius 1 is 1.35 bits per heavy atom. The average Bonchev–Trinajstić information content (AvgIpc) is 2.83. The van der Waals surface area contributed by atoms with Gasteiger partial charge in [-0.2, -0.15) is 5.10 Å². The highest BCUT2D eigenvalue weighted by Crippen LogP contribution is 2.25. The van der Waals surface area contributed by atoms with Gasteiger partial charge in [0.15, 0.2) is 5.82 Å². The van der Waals surface area contributed by atoms with Crippen LogP contribution < -0.4 is 4.74 Å². The monoisotopic (exact) mass is 293 g/mol. The van der Waals surface area contributed by atoms with Gasteiger partial charge in [0.25, 0.3) is 0 Å². The average molecular weight is 294 g/mol. The maximum atomic E-state index is 5.95. The van der Waals surface area contributed by atoms with Crippen molar-refractivity contribution in [2.45, 2.75) is 39.8 Å². The summed E-state index contributed by atoms with van der Waals surface area (Å²) in [6.07, 6.45) is 1.57. The molecule has 0 aliphatic carbocycles. The summed E-state index contributed by atoms with van der Waals surface area (Å²) >= 11 is 5.95. The van der Waals surface area contributed by atoms with Crippen LogP contribution in [0, 0.1) is 12.8 Å². The van der Waals surface area contributed by atoms with E-state index in [0.717, 1.165) is 29.2 Å². The van der Waals surface area contributed by atoms with Crippen molar-refractivity contribution < 1.29 is 4.74 Å². The highest BCUT2D eigenvalue weighted by Gasteiger charge is 2.10. The number of ether oxygens (including phenoxy) is 1. The topological polar surface area (TPSA) is 39.9 Å². The number of nitrogens with zero attached hydrogens (tertiary/aromatic N) is 3. The minimum Gasteiger partial charge on any atom is -0.485 e. The van der Waals surface area contributed by atoms with Crippen molar-refractivity contribution in [1.29, 1.82) is 0 Å². The summed E-state index contributed by atoms with van der Waals surface area (Å²) in [6, 6.07) is 5.99. The van der Waals surface area contributed by atoms with E-state index < -0.39 is 0 Å². The Kier molecular flexibility index (Phi) is 5.01. The van der Waals surface area contributed by atoms with Crippen LogP contribution in [0.15, 0.2) is 24.5 Å². The van der Waals surface area contributed by atoms with Crippen molar-refractivity contribution in [1.82, 2.24) is 14.8 Å². The molecule has 0 amide bonds. The van der Waals surface area contributed by atoms with E-state index in [0.29, 0.717) is 18.4 Å². The van der Waals surface area contributed by atoms with Crippen LogP contribution in [0.1, 0.15) is 30.8 Å².